The lowest BCUT2D eigenvalue weighted by molar-refractivity contribution is 0.0601. The Balaban J connectivity index is 1.96. The molecule has 0 aliphatic heterocycles. The second kappa shape index (κ2) is 6.79. The third kappa shape index (κ3) is 3.99. The van der Waals surface area contributed by atoms with Crippen LogP contribution < -0.4 is 11.1 Å². The second-order valence-electron chi connectivity index (χ2n) is 4.96. The fourth-order valence-electron chi connectivity index (χ4n) is 2.18. The highest BCUT2D eigenvalue weighted by molar-refractivity contribution is 5.91. The molecule has 0 aliphatic rings. The van der Waals surface area contributed by atoms with E-state index >= 15 is 0 Å². The zero-order valence-electron chi connectivity index (χ0n) is 12.3. The third-order valence-corrected chi connectivity index (χ3v) is 3.28. The molecule has 2 aromatic carbocycles. The summed E-state index contributed by atoms with van der Waals surface area (Å²) < 4.78 is 4.67. The highest BCUT2D eigenvalue weighted by Gasteiger charge is 2.07. The number of aryl methyl sites for hydroxylation is 1. The molecule has 0 spiro atoms. The minimum Gasteiger partial charge on any atom is -0.465 e. The number of anilines is 2. The van der Waals surface area contributed by atoms with Crippen LogP contribution in [0.5, 0.6) is 0 Å². The van der Waals surface area contributed by atoms with E-state index in [4.69, 9.17) is 5.73 Å². The molecule has 4 nitrogen and oxygen atoms in total. The van der Waals surface area contributed by atoms with E-state index in [0.717, 1.165) is 18.7 Å². The molecule has 3 N–H and O–H groups in total. The predicted molar refractivity (Wildman–Crippen MR) is 85.6 cm³/mol. The van der Waals surface area contributed by atoms with Crippen molar-refractivity contribution in [1.82, 2.24) is 0 Å². The summed E-state index contributed by atoms with van der Waals surface area (Å²) in [6.45, 7) is 2.87. The number of esters is 1. The highest BCUT2D eigenvalue weighted by Crippen LogP contribution is 2.20. The van der Waals surface area contributed by atoms with Crippen LogP contribution >= 0.6 is 0 Å². The van der Waals surface area contributed by atoms with Crippen molar-refractivity contribution in [3.8, 4) is 0 Å². The Kier molecular flexibility index (Phi) is 4.82. The van der Waals surface area contributed by atoms with Gasteiger partial charge in [0, 0.05) is 6.54 Å². The van der Waals surface area contributed by atoms with Crippen molar-refractivity contribution < 1.29 is 9.53 Å². The summed E-state index contributed by atoms with van der Waals surface area (Å²) in [5.74, 6) is -0.381. The number of nitrogens with two attached hydrogens (primary N) is 1. The van der Waals surface area contributed by atoms with Gasteiger partial charge in [0.2, 0.25) is 0 Å². The van der Waals surface area contributed by atoms with Crippen LogP contribution in [0.2, 0.25) is 0 Å². The minimum absolute atomic E-state index is 0.381. The standard InChI is InChI=1S/C17H20N2O2/c1-12-4-3-5-13(10-12)8-9-19-16-7-6-14(11-15(16)18)17(20)21-2/h3-7,10-11,19H,8-9,18H2,1-2H3. The molecule has 0 atom stereocenters. The summed E-state index contributed by atoms with van der Waals surface area (Å²) in [5.41, 5.74) is 10.3. The molecule has 21 heavy (non-hydrogen) atoms. The van der Waals surface area contributed by atoms with Crippen molar-refractivity contribution in [2.45, 2.75) is 13.3 Å². The van der Waals surface area contributed by atoms with E-state index in [1.165, 1.54) is 18.2 Å². The smallest absolute Gasteiger partial charge is 0.337 e. The summed E-state index contributed by atoms with van der Waals surface area (Å²) in [6, 6.07) is 13.6. The van der Waals surface area contributed by atoms with Gasteiger partial charge in [-0.2, -0.15) is 0 Å². The molecule has 0 radical (unpaired) electrons. The number of benzene rings is 2. The molecule has 0 saturated heterocycles. The number of nitrogen functional groups attached to an aromatic ring is 1. The lowest BCUT2D eigenvalue weighted by atomic mass is 10.1. The Morgan fingerprint density at radius 2 is 2.05 bits per heavy atom. The van der Waals surface area contributed by atoms with E-state index in [1.807, 2.05) is 0 Å². The number of methoxy groups -OCH3 is 1. The Morgan fingerprint density at radius 3 is 2.71 bits per heavy atom. The second-order valence-corrected chi connectivity index (χ2v) is 4.96. The van der Waals surface area contributed by atoms with Gasteiger partial charge in [-0.25, -0.2) is 4.79 Å². The fraction of sp³-hybridized carbons (Fsp3) is 0.235. The van der Waals surface area contributed by atoms with Crippen molar-refractivity contribution >= 4 is 17.3 Å². The van der Waals surface area contributed by atoms with Gasteiger partial charge in [-0.1, -0.05) is 29.8 Å². The lowest BCUT2D eigenvalue weighted by Crippen LogP contribution is -2.08. The summed E-state index contributed by atoms with van der Waals surface area (Å²) in [7, 11) is 1.35. The van der Waals surface area contributed by atoms with E-state index in [0.29, 0.717) is 11.3 Å². The first kappa shape index (κ1) is 14.9. The van der Waals surface area contributed by atoms with Crippen LogP contribution in [0.3, 0.4) is 0 Å². The van der Waals surface area contributed by atoms with Crippen molar-refractivity contribution in [2.75, 3.05) is 24.7 Å². The molecule has 2 aromatic rings. The van der Waals surface area contributed by atoms with E-state index < -0.39 is 0 Å². The molecule has 0 saturated carbocycles. The number of nitrogens with one attached hydrogen (secondary N) is 1. The average Bonchev–Trinajstić information content (AvgIpc) is 2.48. The summed E-state index contributed by atoms with van der Waals surface area (Å²) in [4.78, 5) is 11.4. The molecular formula is C17H20N2O2. The molecule has 0 bridgehead atoms. The van der Waals surface area contributed by atoms with Gasteiger partial charge < -0.3 is 15.8 Å². The SMILES string of the molecule is COC(=O)c1ccc(NCCc2cccc(C)c2)c(N)c1. The lowest BCUT2D eigenvalue weighted by Gasteiger charge is -2.10. The number of ether oxygens (including phenoxy) is 1. The molecule has 2 rings (SSSR count). The van der Waals surface area contributed by atoms with Crippen molar-refractivity contribution in [2.24, 2.45) is 0 Å². The summed E-state index contributed by atoms with van der Waals surface area (Å²) >= 11 is 0. The minimum atomic E-state index is -0.381. The first-order chi connectivity index (χ1) is 10.1. The molecule has 0 fully saturated rings. The quantitative estimate of drug-likeness (QED) is 0.654. The van der Waals surface area contributed by atoms with E-state index in [1.54, 1.807) is 18.2 Å². The largest absolute Gasteiger partial charge is 0.465 e. The molecular weight excluding hydrogens is 264 g/mol. The van der Waals surface area contributed by atoms with Gasteiger partial charge in [-0.15, -0.1) is 0 Å². The maximum absolute atomic E-state index is 11.4. The molecule has 0 aromatic heterocycles. The highest BCUT2D eigenvalue weighted by atomic mass is 16.5. The molecule has 4 heteroatoms. The van der Waals surface area contributed by atoms with Crippen molar-refractivity contribution in [3.05, 3.63) is 59.2 Å². The van der Waals surface area contributed by atoms with Crippen LogP contribution in [0.1, 0.15) is 21.5 Å². The van der Waals surface area contributed by atoms with Crippen molar-refractivity contribution in [1.29, 1.82) is 0 Å². The Hall–Kier alpha value is -2.49. The Bertz CT molecular complexity index is 638. The van der Waals surface area contributed by atoms with Crippen LogP contribution in [-0.2, 0) is 11.2 Å². The van der Waals surface area contributed by atoms with Gasteiger partial charge >= 0.3 is 5.97 Å². The topological polar surface area (TPSA) is 64.3 Å². The zero-order chi connectivity index (χ0) is 15.2. The number of carbonyl (C=O) groups is 1. The Morgan fingerprint density at radius 1 is 1.24 bits per heavy atom. The Labute approximate surface area is 124 Å². The van der Waals surface area contributed by atoms with Crippen molar-refractivity contribution in [3.63, 3.8) is 0 Å². The summed E-state index contributed by atoms with van der Waals surface area (Å²) in [5, 5.41) is 3.29. The molecule has 0 amide bonds. The normalized spacial score (nSPS) is 10.2. The van der Waals surface area contributed by atoms with Crippen LogP contribution in [0.25, 0.3) is 0 Å². The maximum atomic E-state index is 11.4. The van der Waals surface area contributed by atoms with Gasteiger partial charge in [0.25, 0.3) is 0 Å². The van der Waals surface area contributed by atoms with Gasteiger partial charge in [0.15, 0.2) is 0 Å². The summed E-state index contributed by atoms with van der Waals surface area (Å²) in [6.07, 6.45) is 0.917. The van der Waals surface area contributed by atoms with Crippen LogP contribution in [-0.4, -0.2) is 19.6 Å². The predicted octanol–water partition coefficient (Wildman–Crippen LogP) is 3.02. The first-order valence-corrected chi connectivity index (χ1v) is 6.87. The number of hydrogen-bond donors (Lipinski definition) is 2. The number of hydrogen-bond acceptors (Lipinski definition) is 4. The zero-order valence-corrected chi connectivity index (χ0v) is 12.3. The monoisotopic (exact) mass is 284 g/mol. The van der Waals surface area contributed by atoms with E-state index in [2.05, 4.69) is 41.2 Å². The molecule has 110 valence electrons. The molecule has 0 unspecified atom stereocenters. The van der Waals surface area contributed by atoms with Gasteiger partial charge in [0.1, 0.15) is 0 Å². The van der Waals surface area contributed by atoms with Crippen LogP contribution in [0.4, 0.5) is 11.4 Å². The fourth-order valence-corrected chi connectivity index (χ4v) is 2.18. The van der Waals surface area contributed by atoms with Gasteiger partial charge in [-0.3, -0.25) is 0 Å². The first-order valence-electron chi connectivity index (χ1n) is 6.87. The van der Waals surface area contributed by atoms with Gasteiger partial charge in [0.05, 0.1) is 24.0 Å². The van der Waals surface area contributed by atoms with Gasteiger partial charge in [-0.05, 0) is 37.1 Å². The van der Waals surface area contributed by atoms with E-state index in [9.17, 15) is 4.79 Å². The number of rotatable bonds is 5. The molecule has 0 aliphatic carbocycles. The number of carbonyl (C=O) groups excluding carboxylic acids is 1. The maximum Gasteiger partial charge on any atom is 0.337 e. The average molecular weight is 284 g/mol. The van der Waals surface area contributed by atoms with E-state index in [-0.39, 0.29) is 5.97 Å². The van der Waals surface area contributed by atoms with Crippen LogP contribution in [0, 0.1) is 6.92 Å². The molecule has 0 heterocycles. The third-order valence-electron chi connectivity index (χ3n) is 3.28. The van der Waals surface area contributed by atoms with Crippen LogP contribution in [0.15, 0.2) is 42.5 Å².